The molecule has 0 aliphatic carbocycles. The summed E-state index contributed by atoms with van der Waals surface area (Å²) in [5.41, 5.74) is 14.0. The molecule has 108 valence electrons. The molecule has 0 unspecified atom stereocenters. The number of pyridine rings is 1. The predicted octanol–water partition coefficient (Wildman–Crippen LogP) is 4.58. The highest BCUT2D eigenvalue weighted by Gasteiger charge is 2.16. The number of nitrogens with zero attached hydrogens (tertiary/aromatic N) is 2. The van der Waals surface area contributed by atoms with Gasteiger partial charge in [-0.25, -0.2) is 4.98 Å². The van der Waals surface area contributed by atoms with Crippen LogP contribution in [-0.4, -0.2) is 9.38 Å². The van der Waals surface area contributed by atoms with Gasteiger partial charge in [0.2, 0.25) is 0 Å². The van der Waals surface area contributed by atoms with Crippen LogP contribution < -0.4 is 5.73 Å². The predicted molar refractivity (Wildman–Crippen MR) is 91.7 cm³/mol. The van der Waals surface area contributed by atoms with Gasteiger partial charge in [-0.05, 0) is 66.4 Å². The fourth-order valence-electron chi connectivity index (χ4n) is 2.92. The number of aromatic nitrogens is 2. The molecule has 0 saturated carbocycles. The monoisotopic (exact) mass is 343 g/mol. The summed E-state index contributed by atoms with van der Waals surface area (Å²) in [5, 5.41) is 0. The van der Waals surface area contributed by atoms with E-state index in [4.69, 9.17) is 10.7 Å². The molecule has 0 radical (unpaired) electrons. The van der Waals surface area contributed by atoms with Crippen LogP contribution in [0.2, 0.25) is 0 Å². The third-order valence-electron chi connectivity index (χ3n) is 3.85. The molecule has 0 spiro atoms. The lowest BCUT2D eigenvalue weighted by molar-refractivity contribution is 1.16. The fraction of sp³-hybridized carbons (Fsp3) is 0.235. The molecule has 4 heteroatoms. The molecule has 0 fully saturated rings. The van der Waals surface area contributed by atoms with Crippen molar-refractivity contribution in [3.05, 3.63) is 51.1 Å². The van der Waals surface area contributed by atoms with E-state index in [0.29, 0.717) is 5.82 Å². The molecule has 3 rings (SSSR count). The van der Waals surface area contributed by atoms with Crippen molar-refractivity contribution in [2.45, 2.75) is 27.7 Å². The first-order chi connectivity index (χ1) is 9.88. The van der Waals surface area contributed by atoms with Gasteiger partial charge in [0.05, 0.1) is 0 Å². The maximum absolute atomic E-state index is 6.35. The van der Waals surface area contributed by atoms with Crippen LogP contribution in [0.1, 0.15) is 22.3 Å². The molecule has 0 aliphatic rings. The molecule has 0 atom stereocenters. The van der Waals surface area contributed by atoms with E-state index in [1.807, 2.05) is 16.7 Å². The summed E-state index contributed by atoms with van der Waals surface area (Å²) in [6.45, 7) is 8.38. The Morgan fingerprint density at radius 1 is 1.00 bits per heavy atom. The van der Waals surface area contributed by atoms with Crippen molar-refractivity contribution in [1.82, 2.24) is 9.38 Å². The number of imidazole rings is 1. The van der Waals surface area contributed by atoms with Gasteiger partial charge in [0.1, 0.15) is 17.2 Å². The fourth-order valence-corrected chi connectivity index (χ4v) is 3.24. The zero-order chi connectivity index (χ0) is 15.3. The van der Waals surface area contributed by atoms with Gasteiger partial charge in [0.15, 0.2) is 0 Å². The van der Waals surface area contributed by atoms with Crippen LogP contribution in [0.15, 0.2) is 28.9 Å². The van der Waals surface area contributed by atoms with Gasteiger partial charge < -0.3 is 5.73 Å². The summed E-state index contributed by atoms with van der Waals surface area (Å²) < 4.78 is 2.97. The van der Waals surface area contributed by atoms with Crippen LogP contribution >= 0.6 is 15.9 Å². The maximum Gasteiger partial charge on any atom is 0.139 e. The molecule has 3 nitrogen and oxygen atoms in total. The lowest BCUT2D eigenvalue weighted by atomic mass is 9.97. The summed E-state index contributed by atoms with van der Waals surface area (Å²) in [4.78, 5) is 4.75. The molecule has 0 saturated heterocycles. The van der Waals surface area contributed by atoms with E-state index in [9.17, 15) is 0 Å². The average Bonchev–Trinajstić information content (AvgIpc) is 2.67. The molecular formula is C17H18BrN3. The molecular weight excluding hydrogens is 326 g/mol. The van der Waals surface area contributed by atoms with Crippen LogP contribution in [0.3, 0.4) is 0 Å². The van der Waals surface area contributed by atoms with Crippen molar-refractivity contribution in [2.75, 3.05) is 5.73 Å². The lowest BCUT2D eigenvalue weighted by Crippen LogP contribution is -1.97. The third-order valence-corrected chi connectivity index (χ3v) is 4.68. The zero-order valence-corrected chi connectivity index (χ0v) is 14.2. The van der Waals surface area contributed by atoms with Crippen LogP contribution in [-0.2, 0) is 0 Å². The molecule has 3 aromatic rings. The van der Waals surface area contributed by atoms with Crippen molar-refractivity contribution in [1.29, 1.82) is 0 Å². The van der Waals surface area contributed by atoms with Crippen molar-refractivity contribution >= 4 is 27.4 Å². The van der Waals surface area contributed by atoms with Crippen LogP contribution in [0.4, 0.5) is 5.82 Å². The van der Waals surface area contributed by atoms with Crippen LogP contribution in [0.25, 0.3) is 16.9 Å². The van der Waals surface area contributed by atoms with Gasteiger partial charge >= 0.3 is 0 Å². The highest BCUT2D eigenvalue weighted by Crippen LogP contribution is 2.33. The van der Waals surface area contributed by atoms with E-state index in [2.05, 4.69) is 55.8 Å². The number of fused-ring (bicyclic) bond motifs is 1. The van der Waals surface area contributed by atoms with Gasteiger partial charge in [-0.1, -0.05) is 17.7 Å². The number of nitrogens with two attached hydrogens (primary N) is 1. The van der Waals surface area contributed by atoms with E-state index in [0.717, 1.165) is 26.9 Å². The van der Waals surface area contributed by atoms with E-state index >= 15 is 0 Å². The molecule has 2 N–H and O–H groups in total. The maximum atomic E-state index is 6.35. The van der Waals surface area contributed by atoms with Gasteiger partial charge in [-0.3, -0.25) is 4.40 Å². The SMILES string of the molecule is Cc1cc(C)c(-c2nc3cc(C)c(Br)cn3c2N)c(C)c1. The number of anilines is 1. The Hall–Kier alpha value is -1.81. The largest absolute Gasteiger partial charge is 0.383 e. The highest BCUT2D eigenvalue weighted by atomic mass is 79.9. The Morgan fingerprint density at radius 3 is 2.24 bits per heavy atom. The summed E-state index contributed by atoms with van der Waals surface area (Å²) in [7, 11) is 0. The summed E-state index contributed by atoms with van der Waals surface area (Å²) >= 11 is 3.55. The zero-order valence-electron chi connectivity index (χ0n) is 12.7. The Labute approximate surface area is 132 Å². The average molecular weight is 344 g/mol. The second-order valence-electron chi connectivity index (χ2n) is 5.65. The Morgan fingerprint density at radius 2 is 1.62 bits per heavy atom. The minimum absolute atomic E-state index is 0.681. The summed E-state index contributed by atoms with van der Waals surface area (Å²) in [6, 6.07) is 6.39. The van der Waals surface area contributed by atoms with Crippen LogP contribution in [0.5, 0.6) is 0 Å². The number of aryl methyl sites for hydroxylation is 4. The number of halogens is 1. The minimum Gasteiger partial charge on any atom is -0.383 e. The molecule has 21 heavy (non-hydrogen) atoms. The van der Waals surface area contributed by atoms with Gasteiger partial charge in [-0.2, -0.15) is 0 Å². The quantitative estimate of drug-likeness (QED) is 0.702. The first-order valence-electron chi connectivity index (χ1n) is 6.90. The Balaban J connectivity index is 2.34. The van der Waals surface area contributed by atoms with Gasteiger partial charge in [0, 0.05) is 16.2 Å². The van der Waals surface area contributed by atoms with E-state index < -0.39 is 0 Å². The van der Waals surface area contributed by atoms with E-state index in [1.54, 1.807) is 0 Å². The van der Waals surface area contributed by atoms with Crippen molar-refractivity contribution in [3.63, 3.8) is 0 Å². The first-order valence-corrected chi connectivity index (χ1v) is 7.69. The topological polar surface area (TPSA) is 43.3 Å². The van der Waals surface area contributed by atoms with Gasteiger partial charge in [-0.15, -0.1) is 0 Å². The van der Waals surface area contributed by atoms with Crippen molar-refractivity contribution in [3.8, 4) is 11.3 Å². The number of rotatable bonds is 1. The number of hydrogen-bond acceptors (Lipinski definition) is 2. The first kappa shape index (κ1) is 14.1. The molecule has 0 bridgehead atoms. The smallest absolute Gasteiger partial charge is 0.139 e. The molecule has 2 heterocycles. The second-order valence-corrected chi connectivity index (χ2v) is 6.51. The highest BCUT2D eigenvalue weighted by molar-refractivity contribution is 9.10. The van der Waals surface area contributed by atoms with E-state index in [-0.39, 0.29) is 0 Å². The molecule has 0 aliphatic heterocycles. The van der Waals surface area contributed by atoms with Crippen molar-refractivity contribution < 1.29 is 0 Å². The van der Waals surface area contributed by atoms with Crippen LogP contribution in [0, 0.1) is 27.7 Å². The third kappa shape index (κ3) is 2.23. The molecule has 1 aromatic carbocycles. The van der Waals surface area contributed by atoms with E-state index in [1.165, 1.54) is 16.7 Å². The number of hydrogen-bond donors (Lipinski definition) is 1. The number of nitrogen functional groups attached to an aromatic ring is 1. The summed E-state index contributed by atoms with van der Waals surface area (Å²) in [5.74, 6) is 0.681. The number of benzene rings is 1. The van der Waals surface area contributed by atoms with Gasteiger partial charge in [0.25, 0.3) is 0 Å². The Kier molecular flexibility index (Phi) is 3.29. The standard InChI is InChI=1S/C17H18BrN3/c1-9-5-11(3)15(12(4)6-9)16-17(19)21-8-13(18)10(2)7-14(21)20-16/h5-8H,19H2,1-4H3. The normalized spacial score (nSPS) is 11.3. The molecule has 2 aromatic heterocycles. The lowest BCUT2D eigenvalue weighted by Gasteiger charge is -2.09. The minimum atomic E-state index is 0.681. The summed E-state index contributed by atoms with van der Waals surface area (Å²) in [6.07, 6.45) is 1.98. The van der Waals surface area contributed by atoms with Crippen molar-refractivity contribution in [2.24, 2.45) is 0 Å². The Bertz CT molecular complexity index is 839. The molecule has 0 amide bonds. The second kappa shape index (κ2) is 4.88.